The SMILES string of the molecule is O=C(NC1CCc2cc(Cl)ccc21)NC(c1cccc(C(F)(F)F)c1)c1ncn[nH]1. The summed E-state index contributed by atoms with van der Waals surface area (Å²) in [7, 11) is 0. The lowest BCUT2D eigenvalue weighted by molar-refractivity contribution is -0.137. The topological polar surface area (TPSA) is 82.7 Å². The molecule has 2 atom stereocenters. The molecular formula is C20H17ClF3N5O. The fraction of sp³-hybridized carbons (Fsp3) is 0.250. The highest BCUT2D eigenvalue weighted by molar-refractivity contribution is 6.30. The van der Waals surface area contributed by atoms with Crippen molar-refractivity contribution in [1.29, 1.82) is 0 Å². The number of nitrogens with zero attached hydrogens (tertiary/aromatic N) is 2. The predicted octanol–water partition coefficient (Wildman–Crippen LogP) is 4.55. The van der Waals surface area contributed by atoms with Gasteiger partial charge in [0.1, 0.15) is 12.4 Å². The summed E-state index contributed by atoms with van der Waals surface area (Å²) < 4.78 is 39.4. The molecule has 0 fully saturated rings. The van der Waals surface area contributed by atoms with E-state index < -0.39 is 23.8 Å². The maximum Gasteiger partial charge on any atom is 0.416 e. The second-order valence-corrected chi connectivity index (χ2v) is 7.42. The van der Waals surface area contributed by atoms with Crippen molar-refractivity contribution in [2.24, 2.45) is 0 Å². The van der Waals surface area contributed by atoms with Crippen LogP contribution in [0.25, 0.3) is 0 Å². The van der Waals surface area contributed by atoms with Crippen LogP contribution in [0.4, 0.5) is 18.0 Å². The average Bonchev–Trinajstić information content (AvgIpc) is 3.36. The molecule has 156 valence electrons. The zero-order chi connectivity index (χ0) is 21.3. The number of benzene rings is 2. The minimum absolute atomic E-state index is 0.214. The minimum atomic E-state index is -4.50. The molecule has 2 unspecified atom stereocenters. The number of amides is 2. The van der Waals surface area contributed by atoms with Crippen LogP contribution < -0.4 is 10.6 Å². The monoisotopic (exact) mass is 435 g/mol. The molecule has 30 heavy (non-hydrogen) atoms. The zero-order valence-electron chi connectivity index (χ0n) is 15.5. The summed E-state index contributed by atoms with van der Waals surface area (Å²) in [5, 5.41) is 12.6. The quantitative estimate of drug-likeness (QED) is 0.562. The normalized spacial score (nSPS) is 16.7. The summed E-state index contributed by atoms with van der Waals surface area (Å²) >= 11 is 6.02. The van der Waals surface area contributed by atoms with Crippen molar-refractivity contribution in [3.8, 4) is 0 Å². The molecule has 1 aliphatic carbocycles. The lowest BCUT2D eigenvalue weighted by atomic mass is 10.0. The lowest BCUT2D eigenvalue weighted by Crippen LogP contribution is -2.40. The van der Waals surface area contributed by atoms with E-state index in [1.54, 1.807) is 6.07 Å². The van der Waals surface area contributed by atoms with Crippen LogP contribution in [0.3, 0.4) is 0 Å². The Kier molecular flexibility index (Phi) is 5.38. The molecule has 0 radical (unpaired) electrons. The van der Waals surface area contributed by atoms with E-state index in [9.17, 15) is 18.0 Å². The first-order valence-corrected chi connectivity index (χ1v) is 9.57. The summed E-state index contributed by atoms with van der Waals surface area (Å²) in [4.78, 5) is 16.7. The standard InChI is InChI=1S/C20H17ClF3N5O/c21-14-5-6-15-11(9-14)4-7-16(15)27-19(30)28-17(18-25-10-26-29-18)12-2-1-3-13(8-12)20(22,23)24/h1-3,5-6,8-10,16-17H,4,7H2,(H,25,26,29)(H2,27,28,30). The van der Waals surface area contributed by atoms with Gasteiger partial charge in [-0.2, -0.15) is 18.3 Å². The number of aromatic amines is 1. The fourth-order valence-corrected chi connectivity index (χ4v) is 3.82. The number of nitrogens with one attached hydrogen (secondary N) is 3. The molecule has 1 aromatic heterocycles. The maximum atomic E-state index is 13.1. The number of aromatic nitrogens is 3. The van der Waals surface area contributed by atoms with E-state index in [-0.39, 0.29) is 17.4 Å². The van der Waals surface area contributed by atoms with Crippen molar-refractivity contribution in [2.45, 2.75) is 31.1 Å². The second-order valence-electron chi connectivity index (χ2n) is 6.98. The number of urea groups is 1. The van der Waals surface area contributed by atoms with Crippen molar-refractivity contribution >= 4 is 17.6 Å². The van der Waals surface area contributed by atoms with Gasteiger partial charge in [0.2, 0.25) is 0 Å². The molecule has 3 aromatic rings. The number of fused-ring (bicyclic) bond motifs is 1. The van der Waals surface area contributed by atoms with Gasteiger partial charge < -0.3 is 10.6 Å². The molecule has 6 nitrogen and oxygen atoms in total. The van der Waals surface area contributed by atoms with Gasteiger partial charge in [-0.1, -0.05) is 29.8 Å². The fourth-order valence-electron chi connectivity index (χ4n) is 3.63. The van der Waals surface area contributed by atoms with Gasteiger partial charge in [-0.05, 0) is 53.8 Å². The van der Waals surface area contributed by atoms with Crippen LogP contribution in [0.2, 0.25) is 5.02 Å². The average molecular weight is 436 g/mol. The maximum absolute atomic E-state index is 13.1. The van der Waals surface area contributed by atoms with Crippen LogP contribution in [-0.2, 0) is 12.6 Å². The number of carbonyl (C=O) groups excluding carboxylic acids is 1. The third-order valence-electron chi connectivity index (χ3n) is 5.02. The largest absolute Gasteiger partial charge is 0.416 e. The van der Waals surface area contributed by atoms with Gasteiger partial charge in [0, 0.05) is 5.02 Å². The van der Waals surface area contributed by atoms with Gasteiger partial charge in [-0.15, -0.1) is 0 Å². The number of alkyl halides is 3. The van der Waals surface area contributed by atoms with E-state index in [0.29, 0.717) is 11.4 Å². The van der Waals surface area contributed by atoms with Crippen molar-refractivity contribution in [3.63, 3.8) is 0 Å². The molecule has 10 heteroatoms. The number of halogens is 4. The highest BCUT2D eigenvalue weighted by Gasteiger charge is 2.32. The number of hydrogen-bond donors (Lipinski definition) is 3. The second kappa shape index (κ2) is 7.98. The smallest absolute Gasteiger partial charge is 0.331 e. The summed E-state index contributed by atoms with van der Waals surface area (Å²) in [5.74, 6) is 0.225. The molecule has 0 bridgehead atoms. The van der Waals surface area contributed by atoms with Crippen molar-refractivity contribution in [2.75, 3.05) is 0 Å². The van der Waals surface area contributed by atoms with Gasteiger partial charge in [0.05, 0.1) is 11.6 Å². The zero-order valence-corrected chi connectivity index (χ0v) is 16.3. The highest BCUT2D eigenvalue weighted by atomic mass is 35.5. The molecule has 4 rings (SSSR count). The van der Waals surface area contributed by atoms with Gasteiger partial charge in [-0.25, -0.2) is 9.78 Å². The van der Waals surface area contributed by atoms with Gasteiger partial charge in [-0.3, -0.25) is 5.10 Å². The predicted molar refractivity (Wildman–Crippen MR) is 104 cm³/mol. The summed E-state index contributed by atoms with van der Waals surface area (Å²) in [5.41, 5.74) is 1.46. The van der Waals surface area contributed by atoms with Crippen molar-refractivity contribution in [1.82, 2.24) is 25.8 Å². The highest BCUT2D eigenvalue weighted by Crippen LogP contribution is 2.34. The van der Waals surface area contributed by atoms with Gasteiger partial charge >= 0.3 is 12.2 Å². The van der Waals surface area contributed by atoms with Crippen LogP contribution in [0.1, 0.15) is 46.6 Å². The Morgan fingerprint density at radius 1 is 1.23 bits per heavy atom. The van der Waals surface area contributed by atoms with Crippen molar-refractivity contribution < 1.29 is 18.0 Å². The van der Waals surface area contributed by atoms with E-state index in [1.807, 2.05) is 12.1 Å². The molecule has 1 aliphatic rings. The molecule has 0 saturated heterocycles. The molecular weight excluding hydrogens is 419 g/mol. The Balaban J connectivity index is 1.55. The summed E-state index contributed by atoms with van der Waals surface area (Å²) in [6.45, 7) is 0. The number of rotatable bonds is 4. The number of carbonyl (C=O) groups is 1. The van der Waals surface area contributed by atoms with E-state index in [1.165, 1.54) is 18.5 Å². The molecule has 2 aromatic carbocycles. The van der Waals surface area contributed by atoms with Crippen LogP contribution >= 0.6 is 11.6 Å². The Labute approximate surface area is 174 Å². The Bertz CT molecular complexity index is 1050. The third-order valence-corrected chi connectivity index (χ3v) is 5.25. The van der Waals surface area contributed by atoms with Gasteiger partial charge in [0.25, 0.3) is 0 Å². The van der Waals surface area contributed by atoms with Crippen LogP contribution in [-0.4, -0.2) is 21.2 Å². The Hall–Kier alpha value is -3.07. The van der Waals surface area contributed by atoms with Crippen LogP contribution in [0.5, 0.6) is 0 Å². The molecule has 0 saturated carbocycles. The van der Waals surface area contributed by atoms with E-state index in [0.717, 1.165) is 29.7 Å². The molecule has 0 spiro atoms. The van der Waals surface area contributed by atoms with Crippen molar-refractivity contribution in [3.05, 3.63) is 81.9 Å². The van der Waals surface area contributed by atoms with Crippen LogP contribution in [0, 0.1) is 0 Å². The first-order valence-electron chi connectivity index (χ1n) is 9.19. The van der Waals surface area contributed by atoms with E-state index >= 15 is 0 Å². The number of aryl methyl sites for hydroxylation is 1. The molecule has 3 N–H and O–H groups in total. The lowest BCUT2D eigenvalue weighted by Gasteiger charge is -2.21. The number of hydrogen-bond acceptors (Lipinski definition) is 3. The Morgan fingerprint density at radius 3 is 2.80 bits per heavy atom. The molecule has 2 amide bonds. The minimum Gasteiger partial charge on any atom is -0.331 e. The van der Waals surface area contributed by atoms with Gasteiger partial charge in [0.15, 0.2) is 5.82 Å². The van der Waals surface area contributed by atoms with E-state index in [2.05, 4.69) is 25.8 Å². The molecule has 0 aliphatic heterocycles. The first kappa shape index (κ1) is 20.2. The first-order chi connectivity index (χ1) is 14.3. The molecule has 1 heterocycles. The number of H-pyrrole nitrogens is 1. The third kappa shape index (κ3) is 4.25. The summed E-state index contributed by atoms with van der Waals surface area (Å²) in [6.07, 6.45) is -1.79. The summed E-state index contributed by atoms with van der Waals surface area (Å²) in [6, 6.07) is 8.58. The Morgan fingerprint density at radius 2 is 2.07 bits per heavy atom. The van der Waals surface area contributed by atoms with Crippen LogP contribution in [0.15, 0.2) is 48.8 Å². The van der Waals surface area contributed by atoms with E-state index in [4.69, 9.17) is 11.6 Å².